The molecule has 0 unspecified atom stereocenters. The van der Waals surface area contributed by atoms with E-state index in [4.69, 9.17) is 0 Å². The minimum atomic E-state index is 0.983. The first kappa shape index (κ1) is 11.0. The van der Waals surface area contributed by atoms with Gasteiger partial charge in [0.15, 0.2) is 0 Å². The van der Waals surface area contributed by atoms with Crippen molar-refractivity contribution in [1.82, 2.24) is 9.80 Å². The summed E-state index contributed by atoms with van der Waals surface area (Å²) in [6.07, 6.45) is 5.57. The lowest BCUT2D eigenvalue weighted by molar-refractivity contribution is 0.216. The molecule has 0 spiro atoms. The minimum Gasteiger partial charge on any atom is -0.354 e. The van der Waals surface area contributed by atoms with Gasteiger partial charge in [0, 0.05) is 32.4 Å². The van der Waals surface area contributed by atoms with E-state index < -0.39 is 0 Å². The Balaban J connectivity index is 2.57. The largest absolute Gasteiger partial charge is 0.354 e. The van der Waals surface area contributed by atoms with Gasteiger partial charge in [0.2, 0.25) is 0 Å². The minimum absolute atomic E-state index is 0.983. The monoisotopic (exact) mass is 193 g/mol. The van der Waals surface area contributed by atoms with Gasteiger partial charge in [-0.05, 0) is 20.0 Å². The van der Waals surface area contributed by atoms with E-state index in [1.807, 2.05) is 25.3 Å². The van der Waals surface area contributed by atoms with Crippen LogP contribution in [0.25, 0.3) is 0 Å². The summed E-state index contributed by atoms with van der Waals surface area (Å²) in [5.74, 6) is 0.983. The summed E-state index contributed by atoms with van der Waals surface area (Å²) in [6, 6.07) is 0. The molecule has 0 saturated carbocycles. The fraction of sp³-hybridized carbons (Fsp3) is 0.545. The third-order valence-electron chi connectivity index (χ3n) is 2.37. The van der Waals surface area contributed by atoms with E-state index in [9.17, 15) is 0 Å². The van der Waals surface area contributed by atoms with Crippen molar-refractivity contribution in [3.63, 3.8) is 0 Å². The van der Waals surface area contributed by atoms with Crippen LogP contribution in [0.5, 0.6) is 0 Å². The fourth-order valence-electron chi connectivity index (χ4n) is 1.45. The van der Waals surface area contributed by atoms with E-state index >= 15 is 0 Å². The molecule has 1 saturated heterocycles. The smallest absolute Gasteiger partial charge is 0.127 e. The Morgan fingerprint density at radius 3 is 2.43 bits per heavy atom. The molecule has 1 rings (SSSR count). The van der Waals surface area contributed by atoms with E-state index in [1.54, 1.807) is 0 Å². The van der Waals surface area contributed by atoms with Crippen molar-refractivity contribution in [3.05, 3.63) is 24.9 Å². The maximum Gasteiger partial charge on any atom is 0.127 e. The van der Waals surface area contributed by atoms with Gasteiger partial charge >= 0.3 is 0 Å². The number of amidine groups is 1. The normalized spacial score (nSPS) is 20.4. The Kier molecular flexibility index (Phi) is 4.40. The van der Waals surface area contributed by atoms with Crippen LogP contribution in [-0.2, 0) is 0 Å². The van der Waals surface area contributed by atoms with Gasteiger partial charge in [-0.3, -0.25) is 0 Å². The van der Waals surface area contributed by atoms with Crippen molar-refractivity contribution in [3.8, 4) is 0 Å². The van der Waals surface area contributed by atoms with Crippen LogP contribution < -0.4 is 0 Å². The number of likely N-dealkylation sites (N-methyl/N-ethyl adjacent to an activating group) is 1. The second-order valence-electron chi connectivity index (χ2n) is 3.46. The van der Waals surface area contributed by atoms with Gasteiger partial charge in [0.05, 0.1) is 0 Å². The van der Waals surface area contributed by atoms with Crippen molar-refractivity contribution in [2.45, 2.75) is 6.92 Å². The van der Waals surface area contributed by atoms with Crippen LogP contribution in [0, 0.1) is 0 Å². The first-order valence-electron chi connectivity index (χ1n) is 5.03. The Bertz CT molecular complexity index is 235. The lowest BCUT2D eigenvalue weighted by Gasteiger charge is -2.33. The molecule has 3 heteroatoms. The van der Waals surface area contributed by atoms with Gasteiger partial charge in [0.1, 0.15) is 5.84 Å². The summed E-state index contributed by atoms with van der Waals surface area (Å²) < 4.78 is 0. The van der Waals surface area contributed by atoms with Crippen molar-refractivity contribution >= 4 is 5.84 Å². The third kappa shape index (κ3) is 3.00. The lowest BCUT2D eigenvalue weighted by Crippen LogP contribution is -2.46. The van der Waals surface area contributed by atoms with Gasteiger partial charge in [-0.1, -0.05) is 12.7 Å². The predicted molar refractivity (Wildman–Crippen MR) is 61.5 cm³/mol. The molecule has 1 fully saturated rings. The molecule has 1 aliphatic rings. The van der Waals surface area contributed by atoms with Crippen LogP contribution in [0.1, 0.15) is 6.92 Å². The van der Waals surface area contributed by atoms with E-state index in [-0.39, 0.29) is 0 Å². The summed E-state index contributed by atoms with van der Waals surface area (Å²) in [6.45, 7) is 10.0. The van der Waals surface area contributed by atoms with Crippen LogP contribution in [0.2, 0.25) is 0 Å². The van der Waals surface area contributed by atoms with E-state index in [0.717, 1.165) is 32.0 Å². The summed E-state index contributed by atoms with van der Waals surface area (Å²) in [4.78, 5) is 8.93. The van der Waals surface area contributed by atoms with E-state index in [1.165, 1.54) is 0 Å². The number of piperazine rings is 1. The summed E-state index contributed by atoms with van der Waals surface area (Å²) >= 11 is 0. The molecule has 0 atom stereocenters. The number of nitrogens with zero attached hydrogens (tertiary/aromatic N) is 3. The molecule has 0 radical (unpaired) electrons. The number of aliphatic imine (C=N–C) groups is 1. The molecule has 0 aromatic heterocycles. The molecule has 0 aromatic rings. The Hall–Kier alpha value is -1.09. The molecule has 0 aliphatic carbocycles. The van der Waals surface area contributed by atoms with Crippen LogP contribution in [0.15, 0.2) is 29.9 Å². The van der Waals surface area contributed by atoms with Gasteiger partial charge in [-0.15, -0.1) is 0 Å². The van der Waals surface area contributed by atoms with Crippen molar-refractivity contribution in [2.75, 3.05) is 33.2 Å². The first-order valence-corrected chi connectivity index (χ1v) is 5.03. The molecular weight excluding hydrogens is 174 g/mol. The number of hydrogen-bond donors (Lipinski definition) is 0. The summed E-state index contributed by atoms with van der Waals surface area (Å²) in [5.41, 5.74) is 0. The zero-order valence-corrected chi connectivity index (χ0v) is 9.11. The van der Waals surface area contributed by atoms with Crippen LogP contribution in [-0.4, -0.2) is 48.9 Å². The van der Waals surface area contributed by atoms with Crippen molar-refractivity contribution < 1.29 is 0 Å². The molecule has 3 nitrogen and oxygen atoms in total. The average Bonchev–Trinajstić information content (AvgIpc) is 2.21. The summed E-state index contributed by atoms with van der Waals surface area (Å²) in [5, 5.41) is 0. The van der Waals surface area contributed by atoms with E-state index in [0.29, 0.717) is 0 Å². The summed E-state index contributed by atoms with van der Waals surface area (Å²) in [7, 11) is 2.15. The van der Waals surface area contributed by atoms with Crippen LogP contribution in [0.4, 0.5) is 0 Å². The maximum atomic E-state index is 4.33. The molecule has 1 heterocycles. The molecule has 1 aliphatic heterocycles. The lowest BCUT2D eigenvalue weighted by atomic mass is 10.3. The molecule has 14 heavy (non-hydrogen) atoms. The number of allylic oxidation sites excluding steroid dienone is 1. The van der Waals surface area contributed by atoms with Gasteiger partial charge in [-0.25, -0.2) is 4.99 Å². The van der Waals surface area contributed by atoms with Gasteiger partial charge in [-0.2, -0.15) is 0 Å². The fourth-order valence-corrected chi connectivity index (χ4v) is 1.45. The highest BCUT2D eigenvalue weighted by Gasteiger charge is 2.14. The molecule has 0 N–H and O–H groups in total. The highest BCUT2D eigenvalue weighted by Crippen LogP contribution is 2.01. The Morgan fingerprint density at radius 1 is 1.29 bits per heavy atom. The third-order valence-corrected chi connectivity index (χ3v) is 2.37. The van der Waals surface area contributed by atoms with Gasteiger partial charge in [0.25, 0.3) is 0 Å². The molecule has 0 aromatic carbocycles. The van der Waals surface area contributed by atoms with Crippen LogP contribution in [0.3, 0.4) is 0 Å². The zero-order valence-electron chi connectivity index (χ0n) is 9.11. The predicted octanol–water partition coefficient (Wildman–Crippen LogP) is 1.35. The Labute approximate surface area is 86.4 Å². The quantitative estimate of drug-likeness (QED) is 0.487. The molecular formula is C11H19N3. The average molecular weight is 193 g/mol. The van der Waals surface area contributed by atoms with Gasteiger partial charge < -0.3 is 9.80 Å². The second kappa shape index (κ2) is 5.60. The maximum absolute atomic E-state index is 4.33. The standard InChI is InChI=1S/C11H19N3/c1-4-6-12-11(5-2)14-9-7-13(3)8-10-14/h4-6H,2,7-10H2,1,3H3/b6-4-,12-11+. The second-order valence-corrected chi connectivity index (χ2v) is 3.46. The molecule has 0 amide bonds. The molecule has 78 valence electrons. The topological polar surface area (TPSA) is 18.8 Å². The molecule has 0 bridgehead atoms. The zero-order chi connectivity index (χ0) is 10.4. The first-order chi connectivity index (χ1) is 6.77. The Morgan fingerprint density at radius 2 is 1.93 bits per heavy atom. The number of hydrogen-bond acceptors (Lipinski definition) is 2. The SMILES string of the molecule is C=C/C(=N\C=C/C)N1CCN(C)CC1. The highest BCUT2D eigenvalue weighted by molar-refractivity contribution is 5.92. The van der Waals surface area contributed by atoms with Crippen molar-refractivity contribution in [2.24, 2.45) is 4.99 Å². The van der Waals surface area contributed by atoms with Crippen LogP contribution >= 0.6 is 0 Å². The van der Waals surface area contributed by atoms with Crippen molar-refractivity contribution in [1.29, 1.82) is 0 Å². The number of rotatable bonds is 2. The highest BCUT2D eigenvalue weighted by atomic mass is 15.3. The van der Waals surface area contributed by atoms with E-state index in [2.05, 4.69) is 28.4 Å².